The van der Waals surface area contributed by atoms with Crippen LogP contribution in [0, 0.1) is 5.92 Å². The molecule has 0 fully saturated rings. The first kappa shape index (κ1) is 12.2. The van der Waals surface area contributed by atoms with E-state index in [0.717, 1.165) is 5.92 Å². The molecule has 0 aliphatic heterocycles. The van der Waals surface area contributed by atoms with Gasteiger partial charge in [0.25, 0.3) is 0 Å². The predicted octanol–water partition coefficient (Wildman–Crippen LogP) is 2.84. The summed E-state index contributed by atoms with van der Waals surface area (Å²) in [6.07, 6.45) is 6.89. The van der Waals surface area contributed by atoms with E-state index in [1.807, 2.05) is 0 Å². The first-order valence-corrected chi connectivity index (χ1v) is 3.42. The molecule has 0 aliphatic carbocycles. The standard InChI is InChI=1S/C8H16.Mg.2H/c1-4-6-7-8(3)5-2;;;/h4,6,8H,5,7H2,1-3H3;;;/q;+2;2*-1/b6-4+;;;. The second-order valence-electron chi connectivity index (χ2n) is 2.32. The molecule has 0 bridgehead atoms. The van der Waals surface area contributed by atoms with Gasteiger partial charge in [-0.1, -0.05) is 32.4 Å². The molecule has 0 aliphatic rings. The summed E-state index contributed by atoms with van der Waals surface area (Å²) >= 11 is 0. The third-order valence-corrected chi connectivity index (χ3v) is 1.47. The normalized spacial score (nSPS) is 13.2. The van der Waals surface area contributed by atoms with E-state index >= 15 is 0 Å². The fourth-order valence-corrected chi connectivity index (χ4v) is 0.535. The van der Waals surface area contributed by atoms with Crippen LogP contribution in [0.25, 0.3) is 0 Å². The van der Waals surface area contributed by atoms with Crippen molar-refractivity contribution in [2.24, 2.45) is 5.92 Å². The van der Waals surface area contributed by atoms with Crippen LogP contribution in [-0.2, 0) is 0 Å². The Kier molecular flexibility index (Phi) is 11.5. The van der Waals surface area contributed by atoms with Crippen molar-refractivity contribution in [3.8, 4) is 0 Å². The van der Waals surface area contributed by atoms with E-state index in [4.69, 9.17) is 0 Å². The van der Waals surface area contributed by atoms with Crippen LogP contribution < -0.4 is 0 Å². The molecule has 1 unspecified atom stereocenters. The van der Waals surface area contributed by atoms with Gasteiger partial charge in [0.1, 0.15) is 0 Å². The minimum absolute atomic E-state index is 0. The van der Waals surface area contributed by atoms with Gasteiger partial charge in [-0.3, -0.25) is 0 Å². The topological polar surface area (TPSA) is 0 Å². The van der Waals surface area contributed by atoms with Crippen molar-refractivity contribution < 1.29 is 2.85 Å². The molecule has 1 heteroatoms. The van der Waals surface area contributed by atoms with E-state index < -0.39 is 0 Å². The van der Waals surface area contributed by atoms with Crippen LogP contribution in [0.1, 0.15) is 36.5 Å². The second-order valence-corrected chi connectivity index (χ2v) is 2.32. The number of hydrogen-bond acceptors (Lipinski definition) is 0. The summed E-state index contributed by atoms with van der Waals surface area (Å²) in [5.74, 6) is 0.867. The smallest absolute Gasteiger partial charge is 1.00 e. The van der Waals surface area contributed by atoms with Crippen LogP contribution in [0.3, 0.4) is 0 Å². The molecule has 0 aromatic carbocycles. The molecule has 1 atom stereocenters. The van der Waals surface area contributed by atoms with Gasteiger partial charge in [0.2, 0.25) is 0 Å². The maximum atomic E-state index is 2.28. The van der Waals surface area contributed by atoms with Crippen molar-refractivity contribution in [1.29, 1.82) is 0 Å². The molecule has 52 valence electrons. The third kappa shape index (κ3) is 8.51. The summed E-state index contributed by atoms with van der Waals surface area (Å²) in [4.78, 5) is 0. The molecular formula is C8H18Mg. The Morgan fingerprint density at radius 1 is 1.56 bits per heavy atom. The first-order valence-electron chi connectivity index (χ1n) is 3.42. The zero-order valence-corrected chi connectivity index (χ0v) is 8.27. The summed E-state index contributed by atoms with van der Waals surface area (Å²) in [5, 5.41) is 0. The molecular weight excluding hydrogens is 120 g/mol. The summed E-state index contributed by atoms with van der Waals surface area (Å²) in [7, 11) is 0. The monoisotopic (exact) mass is 138 g/mol. The average molecular weight is 139 g/mol. The van der Waals surface area contributed by atoms with Crippen molar-refractivity contribution in [2.75, 3.05) is 0 Å². The molecule has 0 aromatic heterocycles. The van der Waals surface area contributed by atoms with Crippen LogP contribution >= 0.6 is 0 Å². The molecule has 0 rings (SSSR count). The fourth-order valence-electron chi connectivity index (χ4n) is 0.535. The van der Waals surface area contributed by atoms with Crippen LogP contribution in [0.2, 0.25) is 0 Å². The Morgan fingerprint density at radius 3 is 2.44 bits per heavy atom. The van der Waals surface area contributed by atoms with Crippen molar-refractivity contribution >= 4 is 23.1 Å². The fraction of sp³-hybridized carbons (Fsp3) is 0.750. The maximum absolute atomic E-state index is 2.28. The Balaban J connectivity index is -0.0000000817. The Labute approximate surface area is 77.8 Å². The molecule has 0 radical (unpaired) electrons. The van der Waals surface area contributed by atoms with Gasteiger partial charge in [0, 0.05) is 0 Å². The van der Waals surface area contributed by atoms with Gasteiger partial charge in [0.15, 0.2) is 0 Å². The molecule has 0 spiro atoms. The molecule has 0 nitrogen and oxygen atoms in total. The molecule has 0 aromatic rings. The van der Waals surface area contributed by atoms with Gasteiger partial charge >= 0.3 is 23.1 Å². The zero-order chi connectivity index (χ0) is 6.41. The van der Waals surface area contributed by atoms with Crippen LogP contribution in [-0.4, -0.2) is 23.1 Å². The van der Waals surface area contributed by atoms with Gasteiger partial charge in [0.05, 0.1) is 0 Å². The van der Waals surface area contributed by atoms with Gasteiger partial charge in [-0.2, -0.15) is 0 Å². The van der Waals surface area contributed by atoms with E-state index in [1.54, 1.807) is 0 Å². The van der Waals surface area contributed by atoms with Crippen molar-refractivity contribution in [1.82, 2.24) is 0 Å². The van der Waals surface area contributed by atoms with Gasteiger partial charge in [-0.15, -0.1) is 0 Å². The van der Waals surface area contributed by atoms with Crippen LogP contribution in [0.4, 0.5) is 0 Å². The van der Waals surface area contributed by atoms with Crippen LogP contribution in [0.15, 0.2) is 12.2 Å². The van der Waals surface area contributed by atoms with Gasteiger partial charge in [-0.05, 0) is 19.3 Å². The maximum Gasteiger partial charge on any atom is 2.00 e. The van der Waals surface area contributed by atoms with Crippen molar-refractivity contribution in [3.05, 3.63) is 12.2 Å². The van der Waals surface area contributed by atoms with Crippen LogP contribution in [0.5, 0.6) is 0 Å². The number of rotatable bonds is 3. The summed E-state index contributed by atoms with van der Waals surface area (Å²) in [5.41, 5.74) is 0. The Hall–Kier alpha value is 0.506. The quantitative estimate of drug-likeness (QED) is 0.416. The van der Waals surface area contributed by atoms with Gasteiger partial charge in [-0.25, -0.2) is 0 Å². The minimum atomic E-state index is 0. The Morgan fingerprint density at radius 2 is 2.11 bits per heavy atom. The third-order valence-electron chi connectivity index (χ3n) is 1.47. The summed E-state index contributed by atoms with van der Waals surface area (Å²) in [6, 6.07) is 0. The van der Waals surface area contributed by atoms with Crippen molar-refractivity contribution in [3.63, 3.8) is 0 Å². The predicted molar refractivity (Wildman–Crippen MR) is 46.9 cm³/mol. The van der Waals surface area contributed by atoms with E-state index in [-0.39, 0.29) is 25.9 Å². The summed E-state index contributed by atoms with van der Waals surface area (Å²) < 4.78 is 0. The molecule has 0 amide bonds. The van der Waals surface area contributed by atoms with E-state index in [9.17, 15) is 0 Å². The van der Waals surface area contributed by atoms with E-state index in [1.165, 1.54) is 12.8 Å². The van der Waals surface area contributed by atoms with Crippen molar-refractivity contribution in [2.45, 2.75) is 33.6 Å². The minimum Gasteiger partial charge on any atom is -1.00 e. The van der Waals surface area contributed by atoms with E-state index in [0.29, 0.717) is 0 Å². The number of allylic oxidation sites excluding steroid dienone is 2. The zero-order valence-electron chi connectivity index (χ0n) is 8.85. The average Bonchev–Trinajstić information content (AvgIpc) is 1.83. The number of hydrogen-bond donors (Lipinski definition) is 0. The SMILES string of the molecule is C/C=C/CC(C)CC.[H-].[H-].[Mg+2]. The Bertz CT molecular complexity index is 74.5. The molecule has 0 N–H and O–H groups in total. The molecule has 9 heavy (non-hydrogen) atoms. The molecule has 0 saturated carbocycles. The first-order chi connectivity index (χ1) is 3.81. The molecule has 0 saturated heterocycles. The van der Waals surface area contributed by atoms with Gasteiger partial charge < -0.3 is 2.85 Å². The summed E-state index contributed by atoms with van der Waals surface area (Å²) in [6.45, 7) is 6.58. The second kappa shape index (κ2) is 8.51. The largest absolute Gasteiger partial charge is 2.00 e. The molecule has 0 heterocycles. The van der Waals surface area contributed by atoms with E-state index in [2.05, 4.69) is 32.9 Å².